The van der Waals surface area contributed by atoms with E-state index in [9.17, 15) is 9.90 Å². The molecule has 1 saturated heterocycles. The lowest BCUT2D eigenvalue weighted by Gasteiger charge is -2.30. The molecule has 1 aliphatic heterocycles. The Bertz CT molecular complexity index is 960. The zero-order valence-corrected chi connectivity index (χ0v) is 15.8. The molecular formula is C17H18N6O4S. The first kappa shape index (κ1) is 18.3. The number of methoxy groups -OCH3 is 1. The van der Waals surface area contributed by atoms with Crippen molar-refractivity contribution in [3.8, 4) is 16.5 Å². The largest absolute Gasteiger partial charge is 0.494 e. The summed E-state index contributed by atoms with van der Waals surface area (Å²) in [5.41, 5.74) is -0.000295. The van der Waals surface area contributed by atoms with Gasteiger partial charge in [-0.3, -0.25) is 10.1 Å². The van der Waals surface area contributed by atoms with Crippen LogP contribution in [0.4, 0.5) is 11.8 Å². The molecule has 28 heavy (non-hydrogen) atoms. The van der Waals surface area contributed by atoms with Gasteiger partial charge in [-0.2, -0.15) is 0 Å². The summed E-state index contributed by atoms with van der Waals surface area (Å²) in [6.07, 6.45) is 1.22. The Labute approximate surface area is 164 Å². The van der Waals surface area contributed by atoms with Crippen molar-refractivity contribution < 1.29 is 19.1 Å². The molecule has 0 saturated carbocycles. The summed E-state index contributed by atoms with van der Waals surface area (Å²) in [6.45, 7) is 1.23. The van der Waals surface area contributed by atoms with Gasteiger partial charge in [-0.15, -0.1) is 26.6 Å². The van der Waals surface area contributed by atoms with Crippen molar-refractivity contribution >= 4 is 29.1 Å². The average Bonchev–Trinajstić information content (AvgIpc) is 3.39. The van der Waals surface area contributed by atoms with E-state index in [-0.39, 0.29) is 17.5 Å². The molecule has 10 nitrogen and oxygen atoms in total. The van der Waals surface area contributed by atoms with E-state index in [0.29, 0.717) is 18.3 Å². The number of aliphatic hydroxyl groups excluding tert-OH is 1. The van der Waals surface area contributed by atoms with Crippen LogP contribution < -0.4 is 15.0 Å². The number of β-amino-alcohol motifs (C(OH)–C–C–N with tert-alkyl or cyclic N) is 1. The minimum Gasteiger partial charge on any atom is -0.494 e. The number of amides is 1. The van der Waals surface area contributed by atoms with Gasteiger partial charge in [0.05, 0.1) is 18.1 Å². The van der Waals surface area contributed by atoms with Crippen LogP contribution in [0.3, 0.4) is 0 Å². The first-order valence-corrected chi connectivity index (χ1v) is 9.55. The van der Waals surface area contributed by atoms with Gasteiger partial charge >= 0.3 is 6.01 Å². The average molecular weight is 402 g/mol. The van der Waals surface area contributed by atoms with E-state index in [4.69, 9.17) is 9.15 Å². The second-order valence-corrected chi connectivity index (χ2v) is 7.15. The first-order chi connectivity index (χ1) is 13.6. The highest BCUT2D eigenvalue weighted by atomic mass is 32.1. The minimum atomic E-state index is -0.573. The molecule has 1 atom stereocenters. The SMILES string of the molecule is COc1cc(N2CCC[C@H](O)C2)nnc1C(=O)Nc1nnc(-c2cccs2)o1. The lowest BCUT2D eigenvalue weighted by molar-refractivity contribution is 0.101. The van der Waals surface area contributed by atoms with Crippen LogP contribution in [0.5, 0.6) is 5.75 Å². The van der Waals surface area contributed by atoms with Gasteiger partial charge in [0.15, 0.2) is 17.3 Å². The molecule has 2 N–H and O–H groups in total. The molecule has 0 unspecified atom stereocenters. The number of ether oxygens (including phenoxy) is 1. The molecule has 0 spiro atoms. The summed E-state index contributed by atoms with van der Waals surface area (Å²) < 4.78 is 10.8. The molecule has 11 heteroatoms. The predicted molar refractivity (Wildman–Crippen MR) is 102 cm³/mol. The van der Waals surface area contributed by atoms with Crippen molar-refractivity contribution in [2.24, 2.45) is 0 Å². The van der Waals surface area contributed by atoms with E-state index in [1.54, 1.807) is 6.07 Å². The maximum atomic E-state index is 12.6. The van der Waals surface area contributed by atoms with E-state index >= 15 is 0 Å². The van der Waals surface area contributed by atoms with Crippen LogP contribution in [0.15, 0.2) is 28.0 Å². The van der Waals surface area contributed by atoms with Crippen molar-refractivity contribution in [2.45, 2.75) is 18.9 Å². The summed E-state index contributed by atoms with van der Waals surface area (Å²) in [5, 5.41) is 30.1. The van der Waals surface area contributed by atoms with E-state index in [2.05, 4.69) is 25.7 Å². The third-order valence-corrected chi connectivity index (χ3v) is 5.14. The number of hydrogen-bond acceptors (Lipinski definition) is 10. The Kier molecular flexibility index (Phi) is 5.17. The molecule has 146 valence electrons. The molecule has 4 heterocycles. The van der Waals surface area contributed by atoms with Crippen LogP contribution in [-0.2, 0) is 0 Å². The molecular weight excluding hydrogens is 384 g/mol. The van der Waals surface area contributed by atoms with E-state index in [1.165, 1.54) is 18.4 Å². The number of aromatic nitrogens is 4. The second kappa shape index (κ2) is 7.90. The summed E-state index contributed by atoms with van der Waals surface area (Å²) in [6, 6.07) is 5.30. The maximum absolute atomic E-state index is 12.6. The Morgan fingerprint density at radius 1 is 1.39 bits per heavy atom. The molecule has 0 radical (unpaired) electrons. The first-order valence-electron chi connectivity index (χ1n) is 8.67. The van der Waals surface area contributed by atoms with Crippen molar-refractivity contribution in [3.63, 3.8) is 0 Å². The molecule has 1 fully saturated rings. The molecule has 3 aromatic heterocycles. The third kappa shape index (κ3) is 3.80. The van der Waals surface area contributed by atoms with Crippen molar-refractivity contribution in [1.29, 1.82) is 0 Å². The highest BCUT2D eigenvalue weighted by molar-refractivity contribution is 7.13. The number of carbonyl (C=O) groups excluding carboxylic acids is 1. The lowest BCUT2D eigenvalue weighted by Crippen LogP contribution is -2.39. The predicted octanol–water partition coefficient (Wildman–Crippen LogP) is 1.81. The fourth-order valence-corrected chi connectivity index (χ4v) is 3.57. The fraction of sp³-hybridized carbons (Fsp3) is 0.353. The number of carbonyl (C=O) groups is 1. The van der Waals surface area contributed by atoms with Gasteiger partial charge in [0, 0.05) is 19.2 Å². The summed E-state index contributed by atoms with van der Waals surface area (Å²) in [7, 11) is 1.45. The zero-order chi connectivity index (χ0) is 19.5. The van der Waals surface area contributed by atoms with Crippen LogP contribution >= 0.6 is 11.3 Å². The summed E-state index contributed by atoms with van der Waals surface area (Å²) >= 11 is 1.45. The van der Waals surface area contributed by atoms with Gasteiger partial charge in [0.25, 0.3) is 11.8 Å². The number of hydrogen-bond donors (Lipinski definition) is 2. The number of nitrogens with one attached hydrogen (secondary N) is 1. The minimum absolute atomic E-state index is 0.000295. The van der Waals surface area contributed by atoms with Crippen LogP contribution in [0.25, 0.3) is 10.8 Å². The van der Waals surface area contributed by atoms with Crippen LogP contribution in [-0.4, -0.2) is 57.7 Å². The third-order valence-electron chi connectivity index (χ3n) is 4.28. The van der Waals surface area contributed by atoms with Gasteiger partial charge in [0.1, 0.15) is 0 Å². The van der Waals surface area contributed by atoms with Gasteiger partial charge in [-0.25, -0.2) is 0 Å². The van der Waals surface area contributed by atoms with Gasteiger partial charge in [-0.05, 0) is 24.3 Å². The molecule has 0 aliphatic carbocycles. The standard InChI is InChI=1S/C17H18N6O4S/c1-26-11-8-13(23-6-2-4-10(24)9-23)19-20-14(11)15(25)18-17-22-21-16(27-17)12-5-3-7-28-12/h3,5,7-8,10,24H,2,4,6,9H2,1H3,(H,18,22,25)/t10-/m0/s1. The number of thiophene rings is 1. The summed E-state index contributed by atoms with van der Waals surface area (Å²) in [4.78, 5) is 15.3. The molecule has 3 aromatic rings. The smallest absolute Gasteiger partial charge is 0.322 e. The Morgan fingerprint density at radius 3 is 3.04 bits per heavy atom. The van der Waals surface area contributed by atoms with Crippen molar-refractivity contribution in [1.82, 2.24) is 20.4 Å². The quantitative estimate of drug-likeness (QED) is 0.657. The van der Waals surface area contributed by atoms with Crippen molar-refractivity contribution in [2.75, 3.05) is 30.4 Å². The Balaban J connectivity index is 1.51. The van der Waals surface area contributed by atoms with Crippen molar-refractivity contribution in [3.05, 3.63) is 29.3 Å². The maximum Gasteiger partial charge on any atom is 0.322 e. The van der Waals surface area contributed by atoms with E-state index in [0.717, 1.165) is 24.3 Å². The lowest BCUT2D eigenvalue weighted by atomic mass is 10.1. The molecule has 1 amide bonds. The fourth-order valence-electron chi connectivity index (χ4n) is 2.93. The van der Waals surface area contributed by atoms with Crippen LogP contribution in [0.2, 0.25) is 0 Å². The van der Waals surface area contributed by atoms with E-state index in [1.807, 2.05) is 22.4 Å². The topological polar surface area (TPSA) is 127 Å². The zero-order valence-electron chi connectivity index (χ0n) is 15.0. The second-order valence-electron chi connectivity index (χ2n) is 6.21. The molecule has 0 aromatic carbocycles. The number of nitrogens with zero attached hydrogens (tertiary/aromatic N) is 5. The van der Waals surface area contributed by atoms with E-state index < -0.39 is 12.0 Å². The summed E-state index contributed by atoms with van der Waals surface area (Å²) in [5.74, 6) is 0.559. The van der Waals surface area contributed by atoms with Crippen LogP contribution in [0, 0.1) is 0 Å². The van der Waals surface area contributed by atoms with Crippen LogP contribution in [0.1, 0.15) is 23.3 Å². The highest BCUT2D eigenvalue weighted by Gasteiger charge is 2.23. The van der Waals surface area contributed by atoms with Gasteiger partial charge in [0.2, 0.25) is 0 Å². The highest BCUT2D eigenvalue weighted by Crippen LogP contribution is 2.26. The molecule has 0 bridgehead atoms. The number of aliphatic hydroxyl groups is 1. The van der Waals surface area contributed by atoms with Gasteiger partial charge < -0.3 is 19.2 Å². The molecule has 4 rings (SSSR count). The monoisotopic (exact) mass is 402 g/mol. The number of piperidine rings is 1. The Morgan fingerprint density at radius 2 is 2.29 bits per heavy atom. The number of anilines is 2. The normalized spacial score (nSPS) is 16.8. The Hall–Kier alpha value is -3.05. The molecule has 1 aliphatic rings. The van der Waals surface area contributed by atoms with Gasteiger partial charge in [-0.1, -0.05) is 11.2 Å². The number of rotatable bonds is 5.